The molecule has 0 amide bonds. The third kappa shape index (κ3) is 4.22. The van der Waals surface area contributed by atoms with Crippen molar-refractivity contribution in [2.75, 3.05) is 32.5 Å². The maximum Gasteiger partial charge on any atom is 0.330 e. The third-order valence-corrected chi connectivity index (χ3v) is 11.7. The number of imidazole rings is 1. The van der Waals surface area contributed by atoms with Gasteiger partial charge in [0.25, 0.3) is 0 Å². The Kier molecular flexibility index (Phi) is 6.81. The van der Waals surface area contributed by atoms with Crippen LogP contribution in [0.5, 0.6) is 5.88 Å². The minimum atomic E-state index is -0.427. The van der Waals surface area contributed by atoms with E-state index in [1.165, 1.54) is 16.2 Å². The van der Waals surface area contributed by atoms with Crippen LogP contribution >= 0.6 is 11.3 Å². The van der Waals surface area contributed by atoms with E-state index in [4.69, 9.17) is 34.9 Å². The van der Waals surface area contributed by atoms with Gasteiger partial charge in [-0.3, -0.25) is 14.0 Å². The molecule has 2 N–H and O–H groups in total. The fraction of sp³-hybridized carbons (Fsp3) is 0.594. The number of nitrogens with two attached hydrogens (primary N) is 1. The molecule has 12 nitrogen and oxygen atoms in total. The van der Waals surface area contributed by atoms with Crippen molar-refractivity contribution in [3.8, 4) is 23.5 Å². The van der Waals surface area contributed by atoms with E-state index in [1.54, 1.807) is 16.2 Å². The van der Waals surface area contributed by atoms with Gasteiger partial charge in [0.15, 0.2) is 11.2 Å². The number of aromatic nitrogens is 5. The van der Waals surface area contributed by atoms with E-state index in [1.807, 2.05) is 0 Å². The molecule has 45 heavy (non-hydrogen) atoms. The van der Waals surface area contributed by atoms with Gasteiger partial charge in [-0.1, -0.05) is 5.16 Å². The highest BCUT2D eigenvalue weighted by atomic mass is 32.1. The average Bonchev–Trinajstić information content (AvgIpc) is 3.85. The van der Waals surface area contributed by atoms with Crippen molar-refractivity contribution in [1.82, 2.24) is 29.2 Å². The minimum Gasteiger partial charge on any atom is -0.471 e. The molecule has 2 aliphatic carbocycles. The van der Waals surface area contributed by atoms with Crippen LogP contribution in [0, 0.1) is 11.3 Å². The van der Waals surface area contributed by atoms with Crippen molar-refractivity contribution in [2.24, 2.45) is 7.05 Å². The number of ether oxygens (including phenoxy) is 2. The van der Waals surface area contributed by atoms with Gasteiger partial charge >= 0.3 is 5.69 Å². The summed E-state index contributed by atoms with van der Waals surface area (Å²) < 4.78 is 21.9. The van der Waals surface area contributed by atoms with Crippen LogP contribution in [0.3, 0.4) is 0 Å². The van der Waals surface area contributed by atoms with E-state index in [9.17, 15) is 10.1 Å². The van der Waals surface area contributed by atoms with Gasteiger partial charge in [-0.25, -0.2) is 9.78 Å². The van der Waals surface area contributed by atoms with Gasteiger partial charge in [0.1, 0.15) is 17.2 Å². The number of nitrogen functional groups attached to an aromatic ring is 1. The monoisotopic (exact) mass is 630 g/mol. The van der Waals surface area contributed by atoms with Crippen LogP contribution in [0.1, 0.15) is 85.2 Å². The number of fused-ring (bicyclic) bond motifs is 5. The van der Waals surface area contributed by atoms with Crippen LogP contribution in [0.4, 0.5) is 5.00 Å². The molecule has 2 aliphatic heterocycles. The molecule has 0 radical (unpaired) electrons. The van der Waals surface area contributed by atoms with Gasteiger partial charge < -0.3 is 19.7 Å². The predicted octanol–water partition coefficient (Wildman–Crippen LogP) is 4.08. The van der Waals surface area contributed by atoms with Crippen molar-refractivity contribution in [1.29, 1.82) is 5.26 Å². The summed E-state index contributed by atoms with van der Waals surface area (Å²) in [5.74, 6) is 1.23. The van der Waals surface area contributed by atoms with Crippen molar-refractivity contribution in [3.05, 3.63) is 37.7 Å². The Bertz CT molecular complexity index is 1910. The number of anilines is 1. The Balaban J connectivity index is 1.30. The highest BCUT2D eigenvalue weighted by Gasteiger charge is 2.48. The molecule has 4 aliphatic rings. The van der Waals surface area contributed by atoms with Gasteiger partial charge in [-0.05, 0) is 83.9 Å². The Hall–Kier alpha value is -3.73. The van der Waals surface area contributed by atoms with Crippen LogP contribution < -0.4 is 16.2 Å². The standard InChI is InChI=1S/C32H38N8O4S/c1-17(21-8-6-13-38(21)2)43-30-24-29(40(31(41)39(24)3)18-10-14-42-16-18)35-28(36-30)25-19-7-4-11-32(26(19)37-44-25)12-5-9-22-23(32)20(15-33)27(34)45-22/h17-18,21H,4-14,16,34H2,1-3H3/t17-,18-,21-,32-/m0/s1. The number of nitrogens with zero attached hydrogens (tertiary/aromatic N) is 7. The van der Waals surface area contributed by atoms with Crippen molar-refractivity contribution in [3.63, 3.8) is 0 Å². The topological polar surface area (TPSA) is 150 Å². The van der Waals surface area contributed by atoms with E-state index in [0.717, 1.165) is 81.2 Å². The number of nitriles is 1. The highest BCUT2D eigenvalue weighted by molar-refractivity contribution is 7.16. The second kappa shape index (κ2) is 10.7. The smallest absolute Gasteiger partial charge is 0.330 e. The third-order valence-electron chi connectivity index (χ3n) is 10.7. The molecule has 0 unspecified atom stereocenters. The zero-order chi connectivity index (χ0) is 31.0. The molecule has 0 bridgehead atoms. The summed E-state index contributed by atoms with van der Waals surface area (Å²) >= 11 is 1.53. The van der Waals surface area contributed by atoms with E-state index < -0.39 is 5.41 Å². The lowest BCUT2D eigenvalue weighted by atomic mass is 9.62. The number of hydrogen-bond acceptors (Lipinski definition) is 11. The van der Waals surface area contributed by atoms with Gasteiger partial charge in [-0.2, -0.15) is 10.2 Å². The molecule has 4 aromatic rings. The van der Waals surface area contributed by atoms with Crippen LogP contribution in [-0.2, 0) is 30.0 Å². The van der Waals surface area contributed by atoms with Crippen LogP contribution in [0.15, 0.2) is 9.32 Å². The molecule has 4 aromatic heterocycles. The maximum atomic E-state index is 13.7. The molecule has 2 fully saturated rings. The molecule has 236 valence electrons. The molecular weight excluding hydrogens is 592 g/mol. The first-order valence-electron chi connectivity index (χ1n) is 16.1. The maximum absolute atomic E-state index is 13.7. The number of hydrogen-bond donors (Lipinski definition) is 1. The van der Waals surface area contributed by atoms with Crippen LogP contribution in [-0.4, -0.2) is 68.1 Å². The zero-order valence-electron chi connectivity index (χ0n) is 26.0. The van der Waals surface area contributed by atoms with Crippen LogP contribution in [0.25, 0.3) is 22.7 Å². The lowest BCUT2D eigenvalue weighted by Gasteiger charge is -2.39. The summed E-state index contributed by atoms with van der Waals surface area (Å²) in [5.41, 5.74) is 10.3. The largest absolute Gasteiger partial charge is 0.471 e. The molecule has 6 heterocycles. The minimum absolute atomic E-state index is 0.129. The number of thiophene rings is 1. The van der Waals surface area contributed by atoms with Gasteiger partial charge in [0.2, 0.25) is 17.5 Å². The van der Waals surface area contributed by atoms with Crippen LogP contribution in [0.2, 0.25) is 0 Å². The predicted molar refractivity (Wildman–Crippen MR) is 169 cm³/mol. The molecular formula is C32H38N8O4S. The molecule has 0 aromatic carbocycles. The molecule has 4 atom stereocenters. The normalized spacial score (nSPS) is 25.5. The van der Waals surface area contributed by atoms with E-state index in [2.05, 4.69) is 24.9 Å². The molecule has 0 saturated carbocycles. The highest BCUT2D eigenvalue weighted by Crippen LogP contribution is 2.54. The number of rotatable bonds is 5. The molecule has 2 saturated heterocycles. The number of likely N-dealkylation sites (N-methyl/N-ethyl adjacent to an activating group) is 1. The average molecular weight is 631 g/mol. The lowest BCUT2D eigenvalue weighted by Crippen LogP contribution is -2.38. The molecule has 1 spiro atoms. The van der Waals surface area contributed by atoms with E-state index >= 15 is 0 Å². The fourth-order valence-corrected chi connectivity index (χ4v) is 9.65. The Morgan fingerprint density at radius 2 is 2.00 bits per heavy atom. The zero-order valence-corrected chi connectivity index (χ0v) is 26.8. The van der Waals surface area contributed by atoms with Gasteiger partial charge in [-0.15, -0.1) is 11.3 Å². The lowest BCUT2D eigenvalue weighted by molar-refractivity contribution is 0.118. The Labute approximate surface area is 264 Å². The fourth-order valence-electron chi connectivity index (χ4n) is 8.49. The second-order valence-electron chi connectivity index (χ2n) is 13.1. The van der Waals surface area contributed by atoms with Crippen molar-refractivity contribution in [2.45, 2.75) is 88.3 Å². The SMILES string of the molecule is C[C@H](Oc1nc(-c2onc3c2CCC[C@@]32CCCc3sc(N)c(C#N)c32)nc2c1n(C)c(=O)n2[C@H]1CCOC1)[C@@H]1CCCN1C. The quantitative estimate of drug-likeness (QED) is 0.342. The summed E-state index contributed by atoms with van der Waals surface area (Å²) in [7, 11) is 3.87. The molecule has 8 rings (SSSR count). The summed E-state index contributed by atoms with van der Waals surface area (Å²) in [4.78, 5) is 27.2. The van der Waals surface area contributed by atoms with E-state index in [0.29, 0.717) is 52.4 Å². The number of likely N-dealkylation sites (tertiary alicyclic amines) is 1. The Morgan fingerprint density at radius 1 is 1.18 bits per heavy atom. The molecule has 13 heteroatoms. The number of aryl methyl sites for hydroxylation is 2. The first-order chi connectivity index (χ1) is 21.8. The first kappa shape index (κ1) is 28.7. The first-order valence-corrected chi connectivity index (χ1v) is 16.9. The second-order valence-corrected chi connectivity index (χ2v) is 14.3. The van der Waals surface area contributed by atoms with Gasteiger partial charge in [0, 0.05) is 35.6 Å². The Morgan fingerprint density at radius 3 is 2.73 bits per heavy atom. The van der Waals surface area contributed by atoms with Gasteiger partial charge in [0.05, 0.1) is 23.9 Å². The summed E-state index contributed by atoms with van der Waals surface area (Å²) in [6.45, 7) is 4.14. The van der Waals surface area contributed by atoms with Crippen molar-refractivity contribution >= 4 is 27.5 Å². The summed E-state index contributed by atoms with van der Waals surface area (Å²) in [6, 6.07) is 2.51. The van der Waals surface area contributed by atoms with E-state index in [-0.39, 0.29) is 23.9 Å². The summed E-state index contributed by atoms with van der Waals surface area (Å²) in [6.07, 6.45) is 8.06. The summed E-state index contributed by atoms with van der Waals surface area (Å²) in [5, 5.41) is 15.4. The van der Waals surface area contributed by atoms with Crippen molar-refractivity contribution < 1.29 is 14.0 Å².